The Kier molecular flexibility index (Phi) is 3.87. The third-order valence-corrected chi connectivity index (χ3v) is 4.36. The lowest BCUT2D eigenvalue weighted by atomic mass is 10.0. The zero-order valence-corrected chi connectivity index (χ0v) is 12.4. The maximum absolute atomic E-state index is 5.63. The second kappa shape index (κ2) is 5.66. The van der Waals surface area contributed by atoms with Crippen LogP contribution in [0.1, 0.15) is 30.5 Å². The van der Waals surface area contributed by atoms with Crippen LogP contribution in [0.15, 0.2) is 34.9 Å². The van der Waals surface area contributed by atoms with Crippen molar-refractivity contribution in [2.75, 3.05) is 13.1 Å². The molecule has 4 rings (SSSR count). The van der Waals surface area contributed by atoms with Crippen LogP contribution < -0.4 is 10.1 Å². The van der Waals surface area contributed by atoms with E-state index in [1.54, 1.807) is 0 Å². The average Bonchev–Trinajstić information content (AvgIpc) is 2.83. The SMILES string of the molecule is Cl.c1ccc(OCc2noc(C3CC34CCNC4)n2)cc1. The zero-order valence-electron chi connectivity index (χ0n) is 11.6. The summed E-state index contributed by atoms with van der Waals surface area (Å²) in [4.78, 5) is 4.48. The molecule has 1 N–H and O–H groups in total. The molecule has 1 saturated carbocycles. The second-order valence-electron chi connectivity index (χ2n) is 5.70. The van der Waals surface area contributed by atoms with Gasteiger partial charge in [-0.2, -0.15) is 4.98 Å². The largest absolute Gasteiger partial charge is 0.485 e. The molecule has 1 aliphatic carbocycles. The molecule has 6 heteroatoms. The van der Waals surface area contributed by atoms with E-state index in [2.05, 4.69) is 15.5 Å². The molecule has 0 radical (unpaired) electrons. The first-order chi connectivity index (χ1) is 9.86. The lowest BCUT2D eigenvalue weighted by Crippen LogP contribution is -2.10. The van der Waals surface area contributed by atoms with E-state index in [1.165, 1.54) is 12.8 Å². The van der Waals surface area contributed by atoms with E-state index < -0.39 is 0 Å². The fourth-order valence-corrected chi connectivity index (χ4v) is 3.06. The molecule has 1 aliphatic heterocycles. The molecule has 2 aromatic rings. The van der Waals surface area contributed by atoms with Crippen molar-refractivity contribution in [2.45, 2.75) is 25.4 Å². The van der Waals surface area contributed by atoms with Crippen molar-refractivity contribution in [1.82, 2.24) is 15.5 Å². The second-order valence-corrected chi connectivity index (χ2v) is 5.70. The molecule has 2 fully saturated rings. The molecule has 2 aliphatic rings. The predicted octanol–water partition coefficient (Wildman–Crippen LogP) is 2.54. The lowest BCUT2D eigenvalue weighted by Gasteiger charge is -2.02. The summed E-state index contributed by atoms with van der Waals surface area (Å²) >= 11 is 0. The van der Waals surface area contributed by atoms with Gasteiger partial charge in [-0.05, 0) is 36.9 Å². The Morgan fingerprint density at radius 3 is 2.95 bits per heavy atom. The van der Waals surface area contributed by atoms with Gasteiger partial charge in [0.15, 0.2) is 6.61 Å². The number of aromatic nitrogens is 2. The monoisotopic (exact) mass is 307 g/mol. The number of hydrogen-bond acceptors (Lipinski definition) is 5. The molecule has 112 valence electrons. The minimum atomic E-state index is 0. The van der Waals surface area contributed by atoms with Crippen molar-refractivity contribution in [3.8, 4) is 5.75 Å². The van der Waals surface area contributed by atoms with E-state index in [9.17, 15) is 0 Å². The summed E-state index contributed by atoms with van der Waals surface area (Å²) in [6.07, 6.45) is 2.39. The molecular weight excluding hydrogens is 290 g/mol. The Morgan fingerprint density at radius 2 is 2.19 bits per heavy atom. The Bertz CT molecular complexity index is 596. The van der Waals surface area contributed by atoms with E-state index in [-0.39, 0.29) is 12.4 Å². The van der Waals surface area contributed by atoms with Gasteiger partial charge in [0.1, 0.15) is 5.75 Å². The van der Waals surface area contributed by atoms with E-state index in [0.29, 0.717) is 23.8 Å². The van der Waals surface area contributed by atoms with Gasteiger partial charge >= 0.3 is 0 Å². The van der Waals surface area contributed by atoms with Crippen molar-refractivity contribution in [1.29, 1.82) is 0 Å². The molecule has 0 amide bonds. The summed E-state index contributed by atoms with van der Waals surface area (Å²) in [6.45, 7) is 2.54. The lowest BCUT2D eigenvalue weighted by molar-refractivity contribution is 0.284. The van der Waals surface area contributed by atoms with Crippen LogP contribution in [0.5, 0.6) is 5.75 Å². The van der Waals surface area contributed by atoms with Gasteiger partial charge in [-0.1, -0.05) is 23.4 Å². The summed E-state index contributed by atoms with van der Waals surface area (Å²) in [6, 6.07) is 9.68. The smallest absolute Gasteiger partial charge is 0.230 e. The van der Waals surface area contributed by atoms with Crippen molar-refractivity contribution in [2.24, 2.45) is 5.41 Å². The molecule has 2 atom stereocenters. The molecule has 2 heterocycles. The number of benzene rings is 1. The first-order valence-electron chi connectivity index (χ1n) is 7.07. The summed E-state index contributed by atoms with van der Waals surface area (Å²) in [5, 5.41) is 7.43. The summed E-state index contributed by atoms with van der Waals surface area (Å²) in [7, 11) is 0. The van der Waals surface area contributed by atoms with Gasteiger partial charge in [0.25, 0.3) is 0 Å². The van der Waals surface area contributed by atoms with Crippen LogP contribution in [-0.2, 0) is 6.61 Å². The Balaban J connectivity index is 0.00000132. The molecule has 1 spiro atoms. The molecule has 0 bridgehead atoms. The van der Waals surface area contributed by atoms with E-state index in [0.717, 1.165) is 24.7 Å². The highest BCUT2D eigenvalue weighted by molar-refractivity contribution is 5.85. The van der Waals surface area contributed by atoms with Crippen LogP contribution in [0.3, 0.4) is 0 Å². The first kappa shape index (κ1) is 14.4. The molecule has 1 aromatic carbocycles. The van der Waals surface area contributed by atoms with Crippen LogP contribution >= 0.6 is 12.4 Å². The third-order valence-electron chi connectivity index (χ3n) is 4.36. The van der Waals surface area contributed by atoms with E-state index >= 15 is 0 Å². The Hall–Kier alpha value is -1.59. The predicted molar refractivity (Wildman–Crippen MR) is 79.6 cm³/mol. The van der Waals surface area contributed by atoms with Gasteiger partial charge in [-0.25, -0.2) is 0 Å². The van der Waals surface area contributed by atoms with E-state index in [1.807, 2.05) is 30.3 Å². The molecular formula is C15H18ClN3O2. The molecule has 5 nitrogen and oxygen atoms in total. The minimum absolute atomic E-state index is 0. The molecule has 21 heavy (non-hydrogen) atoms. The standard InChI is InChI=1S/C15H17N3O2.ClH/c1-2-4-11(5-3-1)19-9-13-17-14(20-18-13)12-8-15(12)6-7-16-10-15;/h1-5,12,16H,6-10H2;1H. The molecule has 2 unspecified atom stereocenters. The maximum atomic E-state index is 5.63. The van der Waals surface area contributed by atoms with Gasteiger partial charge < -0.3 is 14.6 Å². The summed E-state index contributed by atoms with van der Waals surface area (Å²) < 4.78 is 11.0. The quantitative estimate of drug-likeness (QED) is 0.940. The summed E-state index contributed by atoms with van der Waals surface area (Å²) in [5.74, 6) is 2.66. The third kappa shape index (κ3) is 2.76. The zero-order chi connectivity index (χ0) is 13.4. The number of ether oxygens (including phenoxy) is 1. The Morgan fingerprint density at radius 1 is 1.33 bits per heavy atom. The fraction of sp³-hybridized carbons (Fsp3) is 0.467. The number of nitrogens with one attached hydrogen (secondary N) is 1. The normalized spacial score (nSPS) is 26.6. The average molecular weight is 308 g/mol. The summed E-state index contributed by atoms with van der Waals surface area (Å²) in [5.41, 5.74) is 0.393. The van der Waals surface area contributed by atoms with Crippen molar-refractivity contribution in [3.63, 3.8) is 0 Å². The first-order valence-corrected chi connectivity index (χ1v) is 7.07. The van der Waals surface area contributed by atoms with Crippen LogP contribution in [0, 0.1) is 5.41 Å². The minimum Gasteiger partial charge on any atom is -0.485 e. The maximum Gasteiger partial charge on any atom is 0.230 e. The highest BCUT2D eigenvalue weighted by Crippen LogP contribution is 2.62. The van der Waals surface area contributed by atoms with Crippen LogP contribution in [0.2, 0.25) is 0 Å². The number of nitrogens with zero attached hydrogens (tertiary/aromatic N) is 2. The number of halogens is 1. The van der Waals surface area contributed by atoms with Gasteiger partial charge in [0, 0.05) is 12.5 Å². The number of para-hydroxylation sites is 1. The topological polar surface area (TPSA) is 60.2 Å². The van der Waals surface area contributed by atoms with Crippen molar-refractivity contribution >= 4 is 12.4 Å². The highest BCUT2D eigenvalue weighted by Gasteiger charge is 2.58. The molecule has 1 aromatic heterocycles. The fourth-order valence-electron chi connectivity index (χ4n) is 3.06. The van der Waals surface area contributed by atoms with Crippen LogP contribution in [0.4, 0.5) is 0 Å². The van der Waals surface area contributed by atoms with Gasteiger partial charge in [0.05, 0.1) is 0 Å². The van der Waals surface area contributed by atoms with E-state index in [4.69, 9.17) is 9.26 Å². The van der Waals surface area contributed by atoms with Gasteiger partial charge in [-0.15, -0.1) is 12.4 Å². The van der Waals surface area contributed by atoms with Crippen LogP contribution in [-0.4, -0.2) is 23.2 Å². The number of rotatable bonds is 4. The van der Waals surface area contributed by atoms with Crippen molar-refractivity contribution < 1.29 is 9.26 Å². The van der Waals surface area contributed by atoms with Gasteiger partial charge in [-0.3, -0.25) is 0 Å². The van der Waals surface area contributed by atoms with Crippen LogP contribution in [0.25, 0.3) is 0 Å². The van der Waals surface area contributed by atoms with Gasteiger partial charge in [0.2, 0.25) is 11.7 Å². The van der Waals surface area contributed by atoms with Crippen molar-refractivity contribution in [3.05, 3.63) is 42.0 Å². The Labute approximate surface area is 129 Å². The molecule has 1 saturated heterocycles. The number of hydrogen-bond donors (Lipinski definition) is 1. The highest BCUT2D eigenvalue weighted by atomic mass is 35.5.